The quantitative estimate of drug-likeness (QED) is 0.917. The minimum atomic E-state index is -0.953. The molecule has 3 rings (SSSR count). The molecule has 2 aliphatic heterocycles. The summed E-state index contributed by atoms with van der Waals surface area (Å²) in [5, 5.41) is 9.20. The summed E-state index contributed by atoms with van der Waals surface area (Å²) in [5.41, 5.74) is 1.23. The molecular weight excluding hydrogens is 286 g/mol. The minimum absolute atomic E-state index is 0.120. The number of likely N-dealkylation sites (tertiary alicyclic amines) is 1. The number of para-hydroxylation sites is 1. The van der Waals surface area contributed by atoms with Crippen LogP contribution < -0.4 is 9.47 Å². The molecule has 1 N–H and O–H groups in total. The second-order valence-corrected chi connectivity index (χ2v) is 5.33. The summed E-state index contributed by atoms with van der Waals surface area (Å²) in [4.78, 5) is 25.2. The Bertz CT molecular complexity index is 652. The van der Waals surface area contributed by atoms with E-state index in [0.717, 1.165) is 5.56 Å². The first-order valence-electron chi connectivity index (χ1n) is 7.16. The van der Waals surface area contributed by atoms with E-state index in [9.17, 15) is 14.7 Å². The second kappa shape index (κ2) is 5.71. The molecule has 1 saturated heterocycles. The molecule has 0 aliphatic carbocycles. The molecule has 0 saturated carbocycles. The van der Waals surface area contributed by atoms with Crippen LogP contribution in [0.5, 0.6) is 11.5 Å². The van der Waals surface area contributed by atoms with Gasteiger partial charge >= 0.3 is 5.97 Å². The van der Waals surface area contributed by atoms with Gasteiger partial charge in [-0.25, -0.2) is 4.79 Å². The number of aliphatic carboxylic acids is 1. The van der Waals surface area contributed by atoms with Crippen molar-refractivity contribution < 1.29 is 24.2 Å². The molecule has 0 radical (unpaired) electrons. The van der Waals surface area contributed by atoms with E-state index in [1.807, 2.05) is 12.1 Å². The summed E-state index contributed by atoms with van der Waals surface area (Å²) in [5.74, 6) is 0.00575. The Labute approximate surface area is 127 Å². The van der Waals surface area contributed by atoms with Crippen molar-refractivity contribution >= 4 is 18.0 Å². The molecule has 1 fully saturated rings. The molecule has 0 aromatic heterocycles. The standard InChI is InChI=1S/C16H17NO5/c1-21-13-6-2-4-10-8-11(9-22-14(10)13)15(18)17-7-3-5-12(17)16(19)20/h2,4,6,8,12H,3,5,7,9H2,1H3,(H,19,20)/t12-/m1/s1. The van der Waals surface area contributed by atoms with E-state index in [0.29, 0.717) is 36.5 Å². The number of carboxylic acids is 1. The van der Waals surface area contributed by atoms with E-state index in [1.165, 1.54) is 4.90 Å². The van der Waals surface area contributed by atoms with Crippen molar-refractivity contribution in [1.29, 1.82) is 0 Å². The zero-order valence-corrected chi connectivity index (χ0v) is 12.2. The number of carbonyl (C=O) groups excluding carboxylic acids is 1. The van der Waals surface area contributed by atoms with Gasteiger partial charge in [0.1, 0.15) is 12.6 Å². The van der Waals surface area contributed by atoms with Crippen LogP contribution in [-0.4, -0.2) is 48.2 Å². The third-order valence-corrected chi connectivity index (χ3v) is 4.00. The fourth-order valence-corrected chi connectivity index (χ4v) is 2.92. The Kier molecular flexibility index (Phi) is 3.75. The van der Waals surface area contributed by atoms with Gasteiger partial charge in [-0.2, -0.15) is 0 Å². The molecule has 1 aromatic rings. The van der Waals surface area contributed by atoms with Crippen LogP contribution in [0.4, 0.5) is 0 Å². The van der Waals surface area contributed by atoms with E-state index in [1.54, 1.807) is 19.3 Å². The number of carbonyl (C=O) groups is 2. The zero-order valence-electron chi connectivity index (χ0n) is 12.2. The van der Waals surface area contributed by atoms with Crippen molar-refractivity contribution in [2.75, 3.05) is 20.3 Å². The van der Waals surface area contributed by atoms with Crippen LogP contribution in [-0.2, 0) is 9.59 Å². The maximum absolute atomic E-state index is 12.6. The van der Waals surface area contributed by atoms with Gasteiger partial charge in [0, 0.05) is 12.1 Å². The first kappa shape index (κ1) is 14.4. The predicted molar refractivity (Wildman–Crippen MR) is 78.8 cm³/mol. The van der Waals surface area contributed by atoms with Crippen molar-refractivity contribution in [3.8, 4) is 11.5 Å². The summed E-state index contributed by atoms with van der Waals surface area (Å²) in [7, 11) is 1.56. The number of fused-ring (bicyclic) bond motifs is 1. The van der Waals surface area contributed by atoms with Crippen molar-refractivity contribution in [1.82, 2.24) is 4.90 Å². The fraction of sp³-hybridized carbons (Fsp3) is 0.375. The normalized spacial score (nSPS) is 20.0. The number of hydrogen-bond donors (Lipinski definition) is 1. The molecule has 0 unspecified atom stereocenters. The fourth-order valence-electron chi connectivity index (χ4n) is 2.92. The summed E-state index contributed by atoms with van der Waals surface area (Å²) in [6.45, 7) is 0.590. The molecule has 1 amide bonds. The van der Waals surface area contributed by atoms with Crippen LogP contribution in [0, 0.1) is 0 Å². The monoisotopic (exact) mass is 303 g/mol. The summed E-state index contributed by atoms with van der Waals surface area (Å²) < 4.78 is 10.9. The Balaban J connectivity index is 1.88. The molecule has 0 bridgehead atoms. The maximum Gasteiger partial charge on any atom is 0.326 e. The van der Waals surface area contributed by atoms with Gasteiger partial charge in [0.15, 0.2) is 11.5 Å². The number of benzene rings is 1. The Morgan fingerprint density at radius 1 is 1.41 bits per heavy atom. The molecule has 6 nitrogen and oxygen atoms in total. The second-order valence-electron chi connectivity index (χ2n) is 5.33. The van der Waals surface area contributed by atoms with E-state index >= 15 is 0 Å². The average Bonchev–Trinajstić information content (AvgIpc) is 3.02. The highest BCUT2D eigenvalue weighted by atomic mass is 16.5. The lowest BCUT2D eigenvalue weighted by molar-refractivity contribution is -0.147. The van der Waals surface area contributed by atoms with E-state index in [-0.39, 0.29) is 12.5 Å². The molecule has 6 heteroatoms. The molecule has 116 valence electrons. The number of carboxylic acid groups (broad SMARTS) is 1. The number of rotatable bonds is 3. The Morgan fingerprint density at radius 2 is 2.23 bits per heavy atom. The number of ether oxygens (including phenoxy) is 2. The van der Waals surface area contributed by atoms with Gasteiger partial charge in [-0.1, -0.05) is 12.1 Å². The van der Waals surface area contributed by atoms with E-state index < -0.39 is 12.0 Å². The van der Waals surface area contributed by atoms with Crippen molar-refractivity contribution in [2.24, 2.45) is 0 Å². The molecule has 2 aliphatic rings. The highest BCUT2D eigenvalue weighted by Gasteiger charge is 2.36. The van der Waals surface area contributed by atoms with Crippen LogP contribution >= 0.6 is 0 Å². The van der Waals surface area contributed by atoms with Gasteiger partial charge in [-0.3, -0.25) is 4.79 Å². The maximum atomic E-state index is 12.6. The van der Waals surface area contributed by atoms with E-state index in [4.69, 9.17) is 9.47 Å². The number of methoxy groups -OCH3 is 1. The highest BCUT2D eigenvalue weighted by molar-refractivity contribution is 6.01. The van der Waals surface area contributed by atoms with Crippen molar-refractivity contribution in [3.63, 3.8) is 0 Å². The summed E-state index contributed by atoms with van der Waals surface area (Å²) in [6.07, 6.45) is 2.96. The first-order chi connectivity index (χ1) is 10.6. The topological polar surface area (TPSA) is 76.1 Å². The smallest absolute Gasteiger partial charge is 0.326 e. The summed E-state index contributed by atoms with van der Waals surface area (Å²) >= 11 is 0. The first-order valence-corrected chi connectivity index (χ1v) is 7.16. The minimum Gasteiger partial charge on any atom is -0.493 e. The van der Waals surface area contributed by atoms with Crippen molar-refractivity contribution in [2.45, 2.75) is 18.9 Å². The van der Waals surface area contributed by atoms with Crippen LogP contribution in [0.3, 0.4) is 0 Å². The van der Waals surface area contributed by atoms with Crippen LogP contribution in [0.1, 0.15) is 18.4 Å². The lowest BCUT2D eigenvalue weighted by atomic mass is 10.1. The van der Waals surface area contributed by atoms with Crippen molar-refractivity contribution in [3.05, 3.63) is 29.3 Å². The molecule has 0 spiro atoms. The summed E-state index contributed by atoms with van der Waals surface area (Å²) in [6, 6.07) is 4.71. The number of nitrogens with zero attached hydrogens (tertiary/aromatic N) is 1. The SMILES string of the molecule is COc1cccc2c1OCC(C(=O)N1CCC[C@@H]1C(=O)O)=C2. The van der Waals surface area contributed by atoms with Gasteiger partial charge < -0.3 is 19.5 Å². The molecule has 2 heterocycles. The van der Waals surface area contributed by atoms with Gasteiger partial charge in [0.2, 0.25) is 0 Å². The number of amides is 1. The predicted octanol–water partition coefficient (Wildman–Crippen LogP) is 1.55. The van der Waals surface area contributed by atoms with Gasteiger partial charge in [0.05, 0.1) is 12.7 Å². The van der Waals surface area contributed by atoms with Crippen LogP contribution in [0.15, 0.2) is 23.8 Å². The van der Waals surface area contributed by atoms with Gasteiger partial charge in [0.25, 0.3) is 5.91 Å². The highest BCUT2D eigenvalue weighted by Crippen LogP contribution is 2.36. The number of hydrogen-bond acceptors (Lipinski definition) is 4. The van der Waals surface area contributed by atoms with E-state index in [2.05, 4.69) is 0 Å². The molecular formula is C16H17NO5. The van der Waals surface area contributed by atoms with Crippen LogP contribution in [0.2, 0.25) is 0 Å². The largest absolute Gasteiger partial charge is 0.493 e. The molecule has 22 heavy (non-hydrogen) atoms. The zero-order chi connectivity index (χ0) is 15.7. The molecule has 1 aromatic carbocycles. The average molecular weight is 303 g/mol. The van der Waals surface area contributed by atoms with Gasteiger partial charge in [-0.05, 0) is 25.0 Å². The Morgan fingerprint density at radius 3 is 2.95 bits per heavy atom. The third-order valence-electron chi connectivity index (χ3n) is 4.00. The third kappa shape index (κ3) is 2.41. The van der Waals surface area contributed by atoms with Crippen LogP contribution in [0.25, 0.3) is 6.08 Å². The Hall–Kier alpha value is -2.50. The lowest BCUT2D eigenvalue weighted by Gasteiger charge is -2.25. The lowest BCUT2D eigenvalue weighted by Crippen LogP contribution is -2.42. The molecule has 1 atom stereocenters. The van der Waals surface area contributed by atoms with Gasteiger partial charge in [-0.15, -0.1) is 0 Å².